The second-order valence-corrected chi connectivity index (χ2v) is 26.0. The maximum Gasteiger partial charge on any atom is 0.306 e. The Balaban J connectivity index is 4.01. The van der Waals surface area contributed by atoms with Crippen molar-refractivity contribution >= 4 is 19.8 Å². The molecule has 0 radical (unpaired) electrons. The van der Waals surface area contributed by atoms with Gasteiger partial charge in [-0.15, -0.1) is 0 Å². The molecule has 10 heteroatoms. The summed E-state index contributed by atoms with van der Waals surface area (Å²) >= 11 is 0. The number of quaternary nitrogens is 1. The quantitative estimate of drug-likeness (QED) is 0.0195. The van der Waals surface area contributed by atoms with E-state index in [2.05, 4.69) is 26.0 Å². The third-order valence-corrected chi connectivity index (χ3v) is 16.5. The van der Waals surface area contributed by atoms with Crippen LogP contribution in [0, 0.1) is 0 Å². The van der Waals surface area contributed by atoms with Gasteiger partial charge in [0.2, 0.25) is 0 Å². The highest BCUT2D eigenvalue weighted by atomic mass is 31.2. The molecule has 0 amide bonds. The Morgan fingerprint density at radius 2 is 0.662 bits per heavy atom. The molecule has 0 bridgehead atoms. The standard InChI is InChI=1S/C67H132NO8P/c1-6-8-10-12-14-16-18-20-22-24-26-28-30-32-33-34-36-37-39-41-43-45-47-49-51-53-55-57-59-66(69)73-63-65(64-75-77(71,72)74-62-61-68(3,4)5)76-67(70)60-58-56-54-52-50-48-46-44-42-40-38-35-31-29-27-25-23-21-19-17-15-13-11-9-7-2/h25,27,65H,6-24,26,28-64H2,1-5H3/b27-25-. The summed E-state index contributed by atoms with van der Waals surface area (Å²) in [4.78, 5) is 38.0. The Labute approximate surface area is 479 Å². The lowest BCUT2D eigenvalue weighted by molar-refractivity contribution is -0.870. The highest BCUT2D eigenvalue weighted by molar-refractivity contribution is 7.45. The molecule has 0 saturated carbocycles. The highest BCUT2D eigenvalue weighted by Crippen LogP contribution is 2.38. The van der Waals surface area contributed by atoms with Crippen LogP contribution < -0.4 is 4.89 Å². The van der Waals surface area contributed by atoms with Gasteiger partial charge in [0.05, 0.1) is 27.7 Å². The van der Waals surface area contributed by atoms with Crippen molar-refractivity contribution in [2.24, 2.45) is 0 Å². The molecule has 0 aromatic rings. The largest absolute Gasteiger partial charge is 0.756 e. The fraction of sp³-hybridized carbons (Fsp3) is 0.940. The molecule has 0 fully saturated rings. The maximum absolute atomic E-state index is 12.8. The van der Waals surface area contributed by atoms with Crippen molar-refractivity contribution in [2.75, 3.05) is 47.5 Å². The molecule has 9 nitrogen and oxygen atoms in total. The molecule has 0 saturated heterocycles. The van der Waals surface area contributed by atoms with Crippen molar-refractivity contribution in [1.29, 1.82) is 0 Å². The summed E-state index contributed by atoms with van der Waals surface area (Å²) in [5.74, 6) is -0.809. The number of allylic oxidation sites excluding steroid dienone is 2. The predicted molar refractivity (Wildman–Crippen MR) is 328 cm³/mol. The number of esters is 2. The van der Waals surface area contributed by atoms with Crippen LogP contribution in [0.25, 0.3) is 0 Å². The number of rotatable bonds is 64. The minimum atomic E-state index is -4.63. The SMILES string of the molecule is CCCCCCCCCC/C=C\CCCCCCCCCCCCCCCC(=O)OC(COC(=O)CCCCCCCCCCCCCCCCCCCCCCCCCCCCCC)COP(=O)([O-])OCC[N+](C)(C)C. The molecular weight excluding hydrogens is 978 g/mol. The Morgan fingerprint density at radius 1 is 0.390 bits per heavy atom. The zero-order valence-electron chi connectivity index (χ0n) is 52.2. The average molecular weight is 1110 g/mol. The van der Waals surface area contributed by atoms with E-state index >= 15 is 0 Å². The van der Waals surface area contributed by atoms with Crippen molar-refractivity contribution in [1.82, 2.24) is 0 Å². The first-order valence-electron chi connectivity index (χ1n) is 33.9. The van der Waals surface area contributed by atoms with Crippen LogP contribution in [0.5, 0.6) is 0 Å². The number of ether oxygens (including phenoxy) is 2. The molecule has 77 heavy (non-hydrogen) atoms. The van der Waals surface area contributed by atoms with E-state index in [0.29, 0.717) is 17.4 Å². The first-order valence-corrected chi connectivity index (χ1v) is 35.4. The van der Waals surface area contributed by atoms with E-state index in [-0.39, 0.29) is 32.0 Å². The van der Waals surface area contributed by atoms with Gasteiger partial charge < -0.3 is 27.9 Å². The van der Waals surface area contributed by atoms with Gasteiger partial charge in [-0.05, 0) is 38.5 Å². The van der Waals surface area contributed by atoms with Gasteiger partial charge in [0.25, 0.3) is 7.82 Å². The summed E-state index contributed by atoms with van der Waals surface area (Å²) in [6.45, 7) is 4.32. The van der Waals surface area contributed by atoms with Crippen LogP contribution in [0.3, 0.4) is 0 Å². The van der Waals surface area contributed by atoms with Crippen molar-refractivity contribution in [3.63, 3.8) is 0 Å². The lowest BCUT2D eigenvalue weighted by Gasteiger charge is -2.28. The lowest BCUT2D eigenvalue weighted by atomic mass is 10.0. The van der Waals surface area contributed by atoms with E-state index in [1.165, 1.54) is 289 Å². The fourth-order valence-electron chi connectivity index (χ4n) is 10.3. The molecule has 2 atom stereocenters. The summed E-state index contributed by atoms with van der Waals surface area (Å²) < 4.78 is 34.3. The molecule has 0 aliphatic heterocycles. The van der Waals surface area contributed by atoms with E-state index in [1.807, 2.05) is 21.1 Å². The second-order valence-electron chi connectivity index (χ2n) is 24.6. The molecular formula is C67H132NO8P. The summed E-state index contributed by atoms with van der Waals surface area (Å²) in [5, 5.41) is 0. The minimum absolute atomic E-state index is 0.0265. The monoisotopic (exact) mass is 1110 g/mol. The second kappa shape index (κ2) is 59.4. The van der Waals surface area contributed by atoms with Crippen molar-refractivity contribution in [3.05, 3.63) is 12.2 Å². The summed E-state index contributed by atoms with van der Waals surface area (Å²) in [5.41, 5.74) is 0. The molecule has 0 aliphatic rings. The summed E-state index contributed by atoms with van der Waals surface area (Å²) in [6, 6.07) is 0. The van der Waals surface area contributed by atoms with Gasteiger partial charge in [0.15, 0.2) is 6.10 Å². The molecule has 0 aromatic heterocycles. The molecule has 458 valence electrons. The van der Waals surface area contributed by atoms with Crippen molar-refractivity contribution in [2.45, 2.75) is 360 Å². The van der Waals surface area contributed by atoms with Crippen molar-refractivity contribution in [3.8, 4) is 0 Å². The molecule has 0 aliphatic carbocycles. The molecule has 0 aromatic carbocycles. The third-order valence-electron chi connectivity index (χ3n) is 15.5. The van der Waals surface area contributed by atoms with Crippen molar-refractivity contribution < 1.29 is 42.1 Å². The first-order chi connectivity index (χ1) is 37.5. The van der Waals surface area contributed by atoms with Gasteiger partial charge in [-0.2, -0.15) is 0 Å². The van der Waals surface area contributed by atoms with Crippen LogP contribution in [-0.4, -0.2) is 70.0 Å². The molecule has 0 N–H and O–H groups in total. The predicted octanol–water partition coefficient (Wildman–Crippen LogP) is 20.9. The zero-order chi connectivity index (χ0) is 56.3. The third kappa shape index (κ3) is 63.8. The first kappa shape index (κ1) is 75.8. The Hall–Kier alpha value is -1.25. The number of unbranched alkanes of at least 4 members (excludes halogenated alkanes) is 48. The number of carbonyl (C=O) groups is 2. The van der Waals surface area contributed by atoms with Crippen LogP contribution in [0.2, 0.25) is 0 Å². The summed E-state index contributed by atoms with van der Waals surface area (Å²) in [6.07, 6.45) is 71.5. The number of nitrogens with zero attached hydrogens (tertiary/aromatic N) is 1. The van der Waals surface area contributed by atoms with Crippen LogP contribution in [0.15, 0.2) is 12.2 Å². The zero-order valence-corrected chi connectivity index (χ0v) is 53.1. The number of phosphoric acid groups is 1. The minimum Gasteiger partial charge on any atom is -0.756 e. The van der Waals surface area contributed by atoms with Gasteiger partial charge in [-0.3, -0.25) is 14.2 Å². The van der Waals surface area contributed by atoms with Gasteiger partial charge in [-0.1, -0.05) is 315 Å². The molecule has 2 unspecified atom stereocenters. The molecule has 0 spiro atoms. The fourth-order valence-corrected chi connectivity index (χ4v) is 11.0. The number of phosphoric ester groups is 1. The van der Waals surface area contributed by atoms with Crippen LogP contribution in [-0.2, 0) is 32.7 Å². The average Bonchev–Trinajstić information content (AvgIpc) is 3.39. The van der Waals surface area contributed by atoms with E-state index in [4.69, 9.17) is 18.5 Å². The van der Waals surface area contributed by atoms with Gasteiger partial charge in [0.1, 0.15) is 19.8 Å². The Morgan fingerprint density at radius 3 is 0.961 bits per heavy atom. The number of carbonyl (C=O) groups excluding carboxylic acids is 2. The van der Waals surface area contributed by atoms with E-state index in [9.17, 15) is 19.0 Å². The van der Waals surface area contributed by atoms with E-state index in [0.717, 1.165) is 32.1 Å². The highest BCUT2D eigenvalue weighted by Gasteiger charge is 2.22. The number of likely N-dealkylation sites (N-methyl/N-ethyl adjacent to an activating group) is 1. The smallest absolute Gasteiger partial charge is 0.306 e. The maximum atomic E-state index is 12.8. The van der Waals surface area contributed by atoms with Gasteiger partial charge in [-0.25, -0.2) is 0 Å². The van der Waals surface area contributed by atoms with Crippen LogP contribution >= 0.6 is 7.82 Å². The van der Waals surface area contributed by atoms with E-state index < -0.39 is 26.5 Å². The number of hydrogen-bond donors (Lipinski definition) is 0. The topological polar surface area (TPSA) is 111 Å². The van der Waals surface area contributed by atoms with Gasteiger partial charge >= 0.3 is 11.9 Å². The van der Waals surface area contributed by atoms with Crippen LogP contribution in [0.4, 0.5) is 0 Å². The lowest BCUT2D eigenvalue weighted by Crippen LogP contribution is -2.37. The normalized spacial score (nSPS) is 13.2. The number of hydrogen-bond acceptors (Lipinski definition) is 8. The Kier molecular flexibility index (Phi) is 58.4. The Bertz CT molecular complexity index is 1300. The molecule has 0 rings (SSSR count). The van der Waals surface area contributed by atoms with E-state index in [1.54, 1.807) is 0 Å². The molecule has 0 heterocycles. The van der Waals surface area contributed by atoms with Crippen LogP contribution in [0.1, 0.15) is 354 Å². The summed E-state index contributed by atoms with van der Waals surface area (Å²) in [7, 11) is 1.19. The van der Waals surface area contributed by atoms with Gasteiger partial charge in [0, 0.05) is 12.8 Å².